The largest absolute Gasteiger partial charge is 0.494 e. The highest BCUT2D eigenvalue weighted by molar-refractivity contribution is 5.96. The molecule has 0 fully saturated rings. The second-order valence-corrected chi connectivity index (χ2v) is 4.96. The zero-order valence-corrected chi connectivity index (χ0v) is 13.2. The summed E-state index contributed by atoms with van der Waals surface area (Å²) in [5.41, 5.74) is 1.87. The number of hydrogen-bond acceptors (Lipinski definition) is 3. The highest BCUT2D eigenvalue weighted by Gasteiger charge is 2.06. The van der Waals surface area contributed by atoms with Gasteiger partial charge in [-0.05, 0) is 62.2 Å². The Morgan fingerprint density at radius 3 is 1.82 bits per heavy atom. The molecule has 3 heteroatoms. The number of aryl methyl sites for hydroxylation is 1. The summed E-state index contributed by atoms with van der Waals surface area (Å²) in [7, 11) is 0. The number of benzene rings is 2. The minimum absolute atomic E-state index is 0.150. The summed E-state index contributed by atoms with van der Waals surface area (Å²) < 4.78 is 10.8. The smallest absolute Gasteiger partial charge is 0.163 e. The molecular weight excluding hydrogens is 276 g/mol. The van der Waals surface area contributed by atoms with Crippen molar-refractivity contribution in [3.8, 4) is 11.5 Å². The van der Waals surface area contributed by atoms with E-state index in [0.717, 1.165) is 29.0 Å². The maximum Gasteiger partial charge on any atom is 0.163 e. The molecule has 2 aromatic rings. The van der Waals surface area contributed by atoms with Gasteiger partial charge in [-0.25, -0.2) is 0 Å². The lowest BCUT2D eigenvalue weighted by Crippen LogP contribution is -2.01. The lowest BCUT2D eigenvalue weighted by atomic mass is 10.0. The first-order chi connectivity index (χ1) is 10.7. The maximum atomic E-state index is 12.2. The van der Waals surface area contributed by atoms with E-state index in [1.165, 1.54) is 0 Å². The zero-order chi connectivity index (χ0) is 15.8. The molecule has 0 spiro atoms. The van der Waals surface area contributed by atoms with Gasteiger partial charge in [-0.3, -0.25) is 4.79 Å². The maximum absolute atomic E-state index is 12.2. The molecule has 0 aliphatic carbocycles. The Morgan fingerprint density at radius 1 is 0.818 bits per heavy atom. The van der Waals surface area contributed by atoms with Crippen LogP contribution in [0.1, 0.15) is 36.2 Å². The van der Waals surface area contributed by atoms with E-state index >= 15 is 0 Å². The summed E-state index contributed by atoms with van der Waals surface area (Å²) >= 11 is 0. The molecule has 0 radical (unpaired) electrons. The normalized spacial score (nSPS) is 10.3. The third-order valence-electron chi connectivity index (χ3n) is 3.36. The standard InChI is InChI=1S/C19H22O3/c1-3-21-17-10-5-15(6-11-17)7-14-19(20)16-8-12-18(13-9-16)22-4-2/h5-6,8-13H,3-4,7,14H2,1-2H3. The van der Waals surface area contributed by atoms with E-state index in [1.807, 2.05) is 62.4 Å². The van der Waals surface area contributed by atoms with E-state index in [-0.39, 0.29) is 5.78 Å². The van der Waals surface area contributed by atoms with Gasteiger partial charge in [0.05, 0.1) is 13.2 Å². The number of hydrogen-bond donors (Lipinski definition) is 0. The fourth-order valence-electron chi connectivity index (χ4n) is 2.22. The average Bonchev–Trinajstić information content (AvgIpc) is 2.55. The van der Waals surface area contributed by atoms with E-state index in [1.54, 1.807) is 0 Å². The van der Waals surface area contributed by atoms with Crippen LogP contribution in [0.25, 0.3) is 0 Å². The van der Waals surface area contributed by atoms with Crippen LogP contribution in [-0.2, 0) is 6.42 Å². The van der Waals surface area contributed by atoms with E-state index in [9.17, 15) is 4.79 Å². The molecule has 0 saturated heterocycles. The molecule has 3 nitrogen and oxygen atoms in total. The number of carbonyl (C=O) groups excluding carboxylic acids is 1. The summed E-state index contributed by atoms with van der Waals surface area (Å²) in [5, 5.41) is 0. The lowest BCUT2D eigenvalue weighted by Gasteiger charge is -2.06. The summed E-state index contributed by atoms with van der Waals surface area (Å²) in [6, 6.07) is 15.2. The third-order valence-corrected chi connectivity index (χ3v) is 3.36. The van der Waals surface area contributed by atoms with E-state index in [0.29, 0.717) is 19.6 Å². The number of Topliss-reactive ketones (excluding diaryl/α,β-unsaturated/α-hetero) is 1. The van der Waals surface area contributed by atoms with Crippen LogP contribution in [0.15, 0.2) is 48.5 Å². The quantitative estimate of drug-likeness (QED) is 0.682. The van der Waals surface area contributed by atoms with E-state index in [2.05, 4.69) is 0 Å². The topological polar surface area (TPSA) is 35.5 Å². The molecule has 116 valence electrons. The molecule has 22 heavy (non-hydrogen) atoms. The van der Waals surface area contributed by atoms with Gasteiger partial charge in [0.2, 0.25) is 0 Å². The zero-order valence-electron chi connectivity index (χ0n) is 13.2. The molecule has 0 saturated carbocycles. The van der Waals surface area contributed by atoms with Crippen LogP contribution in [-0.4, -0.2) is 19.0 Å². The molecule has 2 aromatic carbocycles. The van der Waals surface area contributed by atoms with Crippen molar-refractivity contribution in [2.45, 2.75) is 26.7 Å². The highest BCUT2D eigenvalue weighted by Crippen LogP contribution is 2.16. The molecule has 0 aliphatic rings. The summed E-state index contributed by atoms with van der Waals surface area (Å²) in [6.07, 6.45) is 1.24. The molecule has 0 bridgehead atoms. The molecule has 2 rings (SSSR count). The second-order valence-electron chi connectivity index (χ2n) is 4.96. The minimum Gasteiger partial charge on any atom is -0.494 e. The van der Waals surface area contributed by atoms with E-state index in [4.69, 9.17) is 9.47 Å². The van der Waals surface area contributed by atoms with Crippen LogP contribution in [0.5, 0.6) is 11.5 Å². The van der Waals surface area contributed by atoms with Gasteiger partial charge in [0.1, 0.15) is 11.5 Å². The Labute approximate surface area is 131 Å². The van der Waals surface area contributed by atoms with Crippen molar-refractivity contribution >= 4 is 5.78 Å². The van der Waals surface area contributed by atoms with Gasteiger partial charge in [-0.1, -0.05) is 12.1 Å². The fourth-order valence-corrected chi connectivity index (χ4v) is 2.22. The minimum atomic E-state index is 0.150. The Kier molecular flexibility index (Phi) is 6.01. The van der Waals surface area contributed by atoms with Crippen LogP contribution in [0.4, 0.5) is 0 Å². The second kappa shape index (κ2) is 8.23. The van der Waals surface area contributed by atoms with Gasteiger partial charge < -0.3 is 9.47 Å². The van der Waals surface area contributed by atoms with Gasteiger partial charge in [0, 0.05) is 12.0 Å². The van der Waals surface area contributed by atoms with Gasteiger partial charge >= 0.3 is 0 Å². The molecule has 0 aromatic heterocycles. The summed E-state index contributed by atoms with van der Waals surface area (Å²) in [6.45, 7) is 5.19. The molecule has 0 N–H and O–H groups in total. The van der Waals surface area contributed by atoms with Crippen LogP contribution >= 0.6 is 0 Å². The predicted octanol–water partition coefficient (Wildman–Crippen LogP) is 4.30. The van der Waals surface area contributed by atoms with Crippen LogP contribution in [0.2, 0.25) is 0 Å². The van der Waals surface area contributed by atoms with Gasteiger partial charge in [0.25, 0.3) is 0 Å². The summed E-state index contributed by atoms with van der Waals surface area (Å²) in [4.78, 5) is 12.2. The molecule has 0 atom stereocenters. The Hall–Kier alpha value is -2.29. The van der Waals surface area contributed by atoms with Crippen molar-refractivity contribution in [1.29, 1.82) is 0 Å². The summed E-state index contributed by atoms with van der Waals surface area (Å²) in [5.74, 6) is 1.81. The number of ether oxygens (including phenoxy) is 2. The van der Waals surface area contributed by atoms with Gasteiger partial charge in [-0.15, -0.1) is 0 Å². The first-order valence-corrected chi connectivity index (χ1v) is 7.70. The molecular formula is C19H22O3. The Balaban J connectivity index is 1.88. The highest BCUT2D eigenvalue weighted by atomic mass is 16.5. The molecule has 0 unspecified atom stereocenters. The van der Waals surface area contributed by atoms with Crippen molar-refractivity contribution in [3.05, 3.63) is 59.7 Å². The predicted molar refractivity (Wildman–Crippen MR) is 87.9 cm³/mol. The Bertz CT molecular complexity index is 585. The van der Waals surface area contributed by atoms with Crippen LogP contribution < -0.4 is 9.47 Å². The van der Waals surface area contributed by atoms with Gasteiger partial charge in [-0.2, -0.15) is 0 Å². The van der Waals surface area contributed by atoms with Crippen molar-refractivity contribution in [2.24, 2.45) is 0 Å². The molecule has 0 amide bonds. The van der Waals surface area contributed by atoms with Gasteiger partial charge in [0.15, 0.2) is 5.78 Å². The molecule has 0 aliphatic heterocycles. The monoisotopic (exact) mass is 298 g/mol. The van der Waals surface area contributed by atoms with E-state index < -0.39 is 0 Å². The van der Waals surface area contributed by atoms with Crippen LogP contribution in [0.3, 0.4) is 0 Å². The van der Waals surface area contributed by atoms with Crippen molar-refractivity contribution in [1.82, 2.24) is 0 Å². The average molecular weight is 298 g/mol. The SMILES string of the molecule is CCOc1ccc(CCC(=O)c2ccc(OCC)cc2)cc1. The molecule has 0 heterocycles. The van der Waals surface area contributed by atoms with Crippen molar-refractivity contribution in [3.63, 3.8) is 0 Å². The first-order valence-electron chi connectivity index (χ1n) is 7.70. The third kappa shape index (κ3) is 4.62. The Morgan fingerprint density at radius 2 is 1.32 bits per heavy atom. The number of carbonyl (C=O) groups is 1. The van der Waals surface area contributed by atoms with Crippen LogP contribution in [0, 0.1) is 0 Å². The lowest BCUT2D eigenvalue weighted by molar-refractivity contribution is 0.0983. The first kappa shape index (κ1) is 16.1. The fraction of sp³-hybridized carbons (Fsp3) is 0.316. The number of ketones is 1. The van der Waals surface area contributed by atoms with Crippen molar-refractivity contribution < 1.29 is 14.3 Å². The number of rotatable bonds is 8. The van der Waals surface area contributed by atoms with Crippen molar-refractivity contribution in [2.75, 3.05) is 13.2 Å².